The quantitative estimate of drug-likeness (QED) is 0.664. The summed E-state index contributed by atoms with van der Waals surface area (Å²) in [6.07, 6.45) is 6.60. The maximum absolute atomic E-state index is 13.1. The molecule has 3 N–H and O–H groups in total. The number of hydrogen-bond donors (Lipinski definition) is 3. The highest BCUT2D eigenvalue weighted by atomic mass is 16.2. The Bertz CT molecular complexity index is 409. The number of hydrogen-bond acceptors (Lipinski definition) is 4. The average Bonchev–Trinajstić information content (AvgIpc) is 2.94. The largest absolute Gasteiger partial charge is 0.343 e. The van der Waals surface area contributed by atoms with Crippen LogP contribution >= 0.6 is 0 Å². The topological polar surface area (TPSA) is 73.5 Å². The summed E-state index contributed by atoms with van der Waals surface area (Å²) in [7, 11) is 3.69. The van der Waals surface area contributed by atoms with E-state index in [9.17, 15) is 9.59 Å². The van der Waals surface area contributed by atoms with Gasteiger partial charge in [0.25, 0.3) is 0 Å². The Kier molecular flexibility index (Phi) is 6.84. The first-order chi connectivity index (χ1) is 11.1. The summed E-state index contributed by atoms with van der Waals surface area (Å²) >= 11 is 0. The van der Waals surface area contributed by atoms with Crippen molar-refractivity contribution in [3.63, 3.8) is 0 Å². The van der Waals surface area contributed by atoms with Gasteiger partial charge in [-0.25, -0.2) is 0 Å². The molecule has 1 saturated heterocycles. The average molecular weight is 324 g/mol. The normalized spacial score (nSPS) is 27.0. The summed E-state index contributed by atoms with van der Waals surface area (Å²) in [6, 6.07) is 0.218. The minimum atomic E-state index is -0.366. The molecule has 23 heavy (non-hydrogen) atoms. The summed E-state index contributed by atoms with van der Waals surface area (Å²) in [4.78, 5) is 27.1. The molecule has 6 heteroatoms. The van der Waals surface area contributed by atoms with Gasteiger partial charge in [-0.1, -0.05) is 19.3 Å². The van der Waals surface area contributed by atoms with Gasteiger partial charge in [0.1, 0.15) is 6.04 Å². The Balaban J connectivity index is 2.08. The molecule has 0 aromatic carbocycles. The van der Waals surface area contributed by atoms with E-state index in [1.165, 1.54) is 6.42 Å². The fraction of sp³-hybridized carbons (Fsp3) is 0.882. The van der Waals surface area contributed by atoms with Gasteiger partial charge >= 0.3 is 0 Å². The minimum Gasteiger partial charge on any atom is -0.343 e. The number of carbonyl (C=O) groups excluding carboxylic acids is 2. The Morgan fingerprint density at radius 2 is 1.87 bits per heavy atom. The molecule has 3 unspecified atom stereocenters. The second-order valence-electron chi connectivity index (χ2n) is 7.03. The Morgan fingerprint density at radius 3 is 2.43 bits per heavy atom. The second kappa shape index (κ2) is 8.64. The van der Waals surface area contributed by atoms with Crippen LogP contribution in [0.3, 0.4) is 0 Å². The predicted molar refractivity (Wildman–Crippen MR) is 91.1 cm³/mol. The molecule has 2 rings (SSSR count). The molecule has 2 fully saturated rings. The Morgan fingerprint density at radius 1 is 1.17 bits per heavy atom. The van der Waals surface area contributed by atoms with Crippen LogP contribution < -0.4 is 16.0 Å². The molecule has 0 aromatic rings. The van der Waals surface area contributed by atoms with Gasteiger partial charge < -0.3 is 20.9 Å². The first kappa shape index (κ1) is 18.2. The van der Waals surface area contributed by atoms with Crippen LogP contribution in [0, 0.1) is 5.92 Å². The molecule has 6 nitrogen and oxygen atoms in total. The van der Waals surface area contributed by atoms with Crippen LogP contribution in [0.1, 0.15) is 45.4 Å². The monoisotopic (exact) mass is 324 g/mol. The van der Waals surface area contributed by atoms with Crippen molar-refractivity contribution < 1.29 is 9.59 Å². The molecule has 0 radical (unpaired) electrons. The van der Waals surface area contributed by atoms with E-state index in [4.69, 9.17) is 0 Å². The highest BCUT2D eigenvalue weighted by molar-refractivity contribution is 5.89. The molecule has 0 spiro atoms. The van der Waals surface area contributed by atoms with Gasteiger partial charge in [-0.05, 0) is 46.2 Å². The molecule has 0 aromatic heterocycles. The van der Waals surface area contributed by atoms with Crippen molar-refractivity contribution >= 4 is 11.8 Å². The zero-order valence-corrected chi connectivity index (χ0v) is 14.7. The number of rotatable bonds is 6. The molecule has 0 bridgehead atoms. The molecule has 1 saturated carbocycles. The summed E-state index contributed by atoms with van der Waals surface area (Å²) in [5.41, 5.74) is 0. The van der Waals surface area contributed by atoms with Crippen molar-refractivity contribution in [2.45, 2.75) is 63.6 Å². The van der Waals surface area contributed by atoms with E-state index in [-0.39, 0.29) is 36.4 Å². The number of carbonyl (C=O) groups is 2. The lowest BCUT2D eigenvalue weighted by Gasteiger charge is -2.34. The van der Waals surface area contributed by atoms with Gasteiger partial charge in [0.05, 0.1) is 6.54 Å². The van der Waals surface area contributed by atoms with E-state index in [2.05, 4.69) is 22.9 Å². The fourth-order valence-corrected chi connectivity index (χ4v) is 3.96. The summed E-state index contributed by atoms with van der Waals surface area (Å²) in [6.45, 7) is 3.09. The van der Waals surface area contributed by atoms with Crippen LogP contribution in [-0.2, 0) is 9.59 Å². The van der Waals surface area contributed by atoms with Crippen molar-refractivity contribution in [3.8, 4) is 0 Å². The summed E-state index contributed by atoms with van der Waals surface area (Å²) < 4.78 is 0. The molecule has 132 valence electrons. The Labute approximate surface area is 139 Å². The second-order valence-corrected chi connectivity index (χ2v) is 7.03. The third kappa shape index (κ3) is 4.67. The molecule has 1 heterocycles. The molecular weight excluding hydrogens is 292 g/mol. The number of likely N-dealkylation sites (N-methyl/N-ethyl adjacent to an activating group) is 2. The van der Waals surface area contributed by atoms with E-state index in [1.807, 2.05) is 11.9 Å². The van der Waals surface area contributed by atoms with Crippen molar-refractivity contribution in [1.82, 2.24) is 20.9 Å². The van der Waals surface area contributed by atoms with Gasteiger partial charge in [0.15, 0.2) is 0 Å². The first-order valence-electron chi connectivity index (χ1n) is 8.98. The third-order valence-corrected chi connectivity index (χ3v) is 5.31. The van der Waals surface area contributed by atoms with E-state index in [0.717, 1.165) is 38.6 Å². The molecular formula is C17H32N4O2. The maximum Gasteiger partial charge on any atom is 0.245 e. The highest BCUT2D eigenvalue weighted by Gasteiger charge is 2.39. The molecule has 1 aliphatic heterocycles. The lowest BCUT2D eigenvalue weighted by molar-refractivity contribution is -0.138. The Hall–Kier alpha value is -1.14. The van der Waals surface area contributed by atoms with Crippen molar-refractivity contribution in [2.75, 3.05) is 27.2 Å². The van der Waals surface area contributed by atoms with Crippen LogP contribution in [0.5, 0.6) is 0 Å². The van der Waals surface area contributed by atoms with E-state index >= 15 is 0 Å². The molecule has 2 amide bonds. The van der Waals surface area contributed by atoms with Crippen LogP contribution in [0.15, 0.2) is 0 Å². The fourth-order valence-electron chi connectivity index (χ4n) is 3.96. The van der Waals surface area contributed by atoms with Gasteiger partial charge in [-0.2, -0.15) is 0 Å². The number of likely N-dealkylation sites (tertiary alicyclic amines) is 1. The predicted octanol–water partition coefficient (Wildman–Crippen LogP) is 0.480. The number of amides is 2. The smallest absolute Gasteiger partial charge is 0.245 e. The summed E-state index contributed by atoms with van der Waals surface area (Å²) in [5, 5.41) is 9.13. The van der Waals surface area contributed by atoms with E-state index in [0.29, 0.717) is 6.04 Å². The minimum absolute atomic E-state index is 0.0894. The SMILES string of the molecule is CNCC(=O)NC(C(=O)N1CC(NC)CC1C)C1CCCCC1. The molecule has 1 aliphatic carbocycles. The van der Waals surface area contributed by atoms with E-state index < -0.39 is 0 Å². The van der Waals surface area contributed by atoms with Crippen molar-refractivity contribution in [1.29, 1.82) is 0 Å². The third-order valence-electron chi connectivity index (χ3n) is 5.31. The van der Waals surface area contributed by atoms with Gasteiger partial charge in [-0.3, -0.25) is 9.59 Å². The van der Waals surface area contributed by atoms with E-state index in [1.54, 1.807) is 7.05 Å². The van der Waals surface area contributed by atoms with Crippen molar-refractivity contribution in [3.05, 3.63) is 0 Å². The standard InChI is InChI=1S/C17H32N4O2/c1-12-9-14(19-3)11-21(12)17(23)16(20-15(22)10-18-2)13-7-5-4-6-8-13/h12-14,16,18-19H,4-11H2,1-3H3,(H,20,22). The zero-order chi connectivity index (χ0) is 16.8. The first-order valence-corrected chi connectivity index (χ1v) is 8.98. The lowest BCUT2D eigenvalue weighted by Crippen LogP contribution is -2.55. The van der Waals surface area contributed by atoms with Crippen LogP contribution in [0.25, 0.3) is 0 Å². The van der Waals surface area contributed by atoms with Crippen LogP contribution in [-0.4, -0.2) is 62.0 Å². The van der Waals surface area contributed by atoms with Gasteiger partial charge in [0, 0.05) is 18.6 Å². The zero-order valence-electron chi connectivity index (χ0n) is 14.7. The van der Waals surface area contributed by atoms with Crippen molar-refractivity contribution in [2.24, 2.45) is 5.92 Å². The van der Waals surface area contributed by atoms with Crippen LogP contribution in [0.2, 0.25) is 0 Å². The number of nitrogens with one attached hydrogen (secondary N) is 3. The van der Waals surface area contributed by atoms with Gasteiger partial charge in [-0.15, -0.1) is 0 Å². The van der Waals surface area contributed by atoms with Gasteiger partial charge in [0.2, 0.25) is 11.8 Å². The molecule has 2 aliphatic rings. The molecule has 3 atom stereocenters. The van der Waals surface area contributed by atoms with Crippen LogP contribution in [0.4, 0.5) is 0 Å². The lowest BCUT2D eigenvalue weighted by atomic mass is 9.83. The highest BCUT2D eigenvalue weighted by Crippen LogP contribution is 2.29. The maximum atomic E-state index is 13.1. The summed E-state index contributed by atoms with van der Waals surface area (Å²) in [5.74, 6) is 0.290. The number of nitrogens with zero attached hydrogens (tertiary/aromatic N) is 1.